The summed E-state index contributed by atoms with van der Waals surface area (Å²) < 4.78 is 16.5. The fourth-order valence-electron chi connectivity index (χ4n) is 2.37. The first kappa shape index (κ1) is 22.1. The van der Waals surface area contributed by atoms with Gasteiger partial charge in [0.15, 0.2) is 6.10 Å². The standard InChI is InChI=1S/C22H28N2O5/c1-4-6-15-28-19-9-7-17(8-10-19)22(26)24-23-21(25)16(3)29-20-13-11-18(12-14-20)27-5-2/h7-14,16H,4-6,15H2,1-3H3,(H,23,25)(H,24,26). The Labute approximate surface area is 171 Å². The number of hydrogen-bond donors (Lipinski definition) is 2. The molecule has 2 amide bonds. The van der Waals surface area contributed by atoms with Crippen LogP contribution in [-0.4, -0.2) is 31.1 Å². The summed E-state index contributed by atoms with van der Waals surface area (Å²) in [5.74, 6) is 1.07. The molecule has 29 heavy (non-hydrogen) atoms. The third-order valence-electron chi connectivity index (χ3n) is 4.00. The quantitative estimate of drug-likeness (QED) is 0.471. The Morgan fingerprint density at radius 2 is 1.45 bits per heavy atom. The van der Waals surface area contributed by atoms with Crippen LogP contribution in [0.2, 0.25) is 0 Å². The summed E-state index contributed by atoms with van der Waals surface area (Å²) in [5.41, 5.74) is 5.16. The SMILES string of the molecule is CCCCOc1ccc(C(=O)NNC(=O)C(C)Oc2ccc(OCC)cc2)cc1. The summed E-state index contributed by atoms with van der Waals surface area (Å²) in [5, 5.41) is 0. The molecular formula is C22H28N2O5. The lowest BCUT2D eigenvalue weighted by Crippen LogP contribution is -2.47. The second-order valence-corrected chi connectivity index (χ2v) is 6.33. The second kappa shape index (κ2) is 11.6. The Hall–Kier alpha value is -3.22. The van der Waals surface area contributed by atoms with Crippen molar-refractivity contribution in [1.29, 1.82) is 0 Å². The van der Waals surface area contributed by atoms with Gasteiger partial charge in [0.1, 0.15) is 17.2 Å². The zero-order valence-electron chi connectivity index (χ0n) is 17.1. The molecule has 0 bridgehead atoms. The zero-order chi connectivity index (χ0) is 21.1. The highest BCUT2D eigenvalue weighted by Crippen LogP contribution is 2.18. The molecule has 0 fully saturated rings. The maximum Gasteiger partial charge on any atom is 0.279 e. The van der Waals surface area contributed by atoms with Crippen molar-refractivity contribution in [2.24, 2.45) is 0 Å². The van der Waals surface area contributed by atoms with E-state index in [2.05, 4.69) is 17.8 Å². The van der Waals surface area contributed by atoms with Crippen LogP contribution in [0.3, 0.4) is 0 Å². The van der Waals surface area contributed by atoms with Gasteiger partial charge in [-0.05, 0) is 68.8 Å². The van der Waals surface area contributed by atoms with Crippen LogP contribution in [0.25, 0.3) is 0 Å². The molecule has 0 aliphatic carbocycles. The molecule has 2 aromatic rings. The van der Waals surface area contributed by atoms with Gasteiger partial charge in [0, 0.05) is 5.56 Å². The Morgan fingerprint density at radius 3 is 2.07 bits per heavy atom. The predicted molar refractivity (Wildman–Crippen MR) is 110 cm³/mol. The van der Waals surface area contributed by atoms with Gasteiger partial charge >= 0.3 is 0 Å². The number of rotatable bonds is 10. The van der Waals surface area contributed by atoms with Gasteiger partial charge in [0.2, 0.25) is 0 Å². The molecule has 0 spiro atoms. The lowest BCUT2D eigenvalue weighted by Gasteiger charge is -2.15. The third-order valence-corrected chi connectivity index (χ3v) is 4.00. The van der Waals surface area contributed by atoms with Crippen molar-refractivity contribution in [3.05, 3.63) is 54.1 Å². The average Bonchev–Trinajstić information content (AvgIpc) is 2.74. The van der Waals surface area contributed by atoms with Crippen LogP contribution in [0.1, 0.15) is 44.0 Å². The van der Waals surface area contributed by atoms with Crippen molar-refractivity contribution >= 4 is 11.8 Å². The van der Waals surface area contributed by atoms with Crippen LogP contribution in [0.15, 0.2) is 48.5 Å². The largest absolute Gasteiger partial charge is 0.494 e. The third kappa shape index (κ3) is 7.37. The first-order valence-corrected chi connectivity index (χ1v) is 9.76. The lowest BCUT2D eigenvalue weighted by atomic mass is 10.2. The van der Waals surface area contributed by atoms with Crippen LogP contribution < -0.4 is 25.1 Å². The van der Waals surface area contributed by atoms with Gasteiger partial charge in [-0.3, -0.25) is 20.4 Å². The molecule has 0 saturated heterocycles. The topological polar surface area (TPSA) is 85.9 Å². The van der Waals surface area contributed by atoms with E-state index in [0.717, 1.165) is 18.6 Å². The van der Waals surface area contributed by atoms with Gasteiger partial charge in [-0.15, -0.1) is 0 Å². The van der Waals surface area contributed by atoms with Crippen molar-refractivity contribution in [2.45, 2.75) is 39.7 Å². The highest BCUT2D eigenvalue weighted by molar-refractivity contribution is 5.95. The summed E-state index contributed by atoms with van der Waals surface area (Å²) in [4.78, 5) is 24.3. The van der Waals surface area contributed by atoms with E-state index < -0.39 is 17.9 Å². The van der Waals surface area contributed by atoms with Gasteiger partial charge in [-0.2, -0.15) is 0 Å². The minimum atomic E-state index is -0.789. The van der Waals surface area contributed by atoms with E-state index in [1.165, 1.54) is 0 Å². The smallest absolute Gasteiger partial charge is 0.279 e. The molecular weight excluding hydrogens is 372 g/mol. The van der Waals surface area contributed by atoms with Gasteiger partial charge in [-0.1, -0.05) is 13.3 Å². The Kier molecular flexibility index (Phi) is 8.82. The Balaban J connectivity index is 1.78. The molecule has 1 unspecified atom stereocenters. The highest BCUT2D eigenvalue weighted by Gasteiger charge is 2.16. The van der Waals surface area contributed by atoms with Gasteiger partial charge in [0.05, 0.1) is 13.2 Å². The van der Waals surface area contributed by atoms with Crippen LogP contribution in [0.4, 0.5) is 0 Å². The number of nitrogens with one attached hydrogen (secondary N) is 2. The molecule has 7 heteroatoms. The number of hydrogen-bond acceptors (Lipinski definition) is 5. The molecule has 2 rings (SSSR count). The molecule has 156 valence electrons. The summed E-state index contributed by atoms with van der Waals surface area (Å²) in [6.45, 7) is 6.81. The van der Waals surface area contributed by atoms with Gasteiger partial charge in [-0.25, -0.2) is 0 Å². The minimum absolute atomic E-state index is 0.410. The minimum Gasteiger partial charge on any atom is -0.494 e. The number of carbonyl (C=O) groups excluding carboxylic acids is 2. The molecule has 2 aromatic carbocycles. The van der Waals surface area contributed by atoms with E-state index in [4.69, 9.17) is 14.2 Å². The molecule has 0 aliphatic heterocycles. The highest BCUT2D eigenvalue weighted by atomic mass is 16.5. The molecule has 1 atom stereocenters. The average molecular weight is 400 g/mol. The monoisotopic (exact) mass is 400 g/mol. The molecule has 0 radical (unpaired) electrons. The van der Waals surface area contributed by atoms with Crippen LogP contribution in [0, 0.1) is 0 Å². The maximum atomic E-state index is 12.2. The molecule has 0 aromatic heterocycles. The van der Waals surface area contributed by atoms with Crippen LogP contribution in [0.5, 0.6) is 17.2 Å². The van der Waals surface area contributed by atoms with Crippen molar-refractivity contribution in [3.8, 4) is 17.2 Å². The molecule has 0 heterocycles. The molecule has 7 nitrogen and oxygen atoms in total. The van der Waals surface area contributed by atoms with Crippen molar-refractivity contribution in [2.75, 3.05) is 13.2 Å². The number of hydrazine groups is 1. The summed E-state index contributed by atoms with van der Waals surface area (Å²) in [6, 6.07) is 13.7. The van der Waals surface area contributed by atoms with Crippen molar-refractivity contribution in [3.63, 3.8) is 0 Å². The van der Waals surface area contributed by atoms with E-state index in [-0.39, 0.29) is 0 Å². The van der Waals surface area contributed by atoms with E-state index in [9.17, 15) is 9.59 Å². The molecule has 2 N–H and O–H groups in total. The number of benzene rings is 2. The summed E-state index contributed by atoms with van der Waals surface area (Å²) in [6.07, 6.45) is 1.24. The second-order valence-electron chi connectivity index (χ2n) is 6.33. The number of ether oxygens (including phenoxy) is 3. The van der Waals surface area contributed by atoms with Crippen LogP contribution in [-0.2, 0) is 4.79 Å². The summed E-state index contributed by atoms with van der Waals surface area (Å²) in [7, 11) is 0. The fraction of sp³-hybridized carbons (Fsp3) is 0.364. The number of amides is 2. The van der Waals surface area contributed by atoms with E-state index in [1.807, 2.05) is 6.92 Å². The first-order valence-electron chi connectivity index (χ1n) is 9.76. The molecule has 0 saturated carbocycles. The van der Waals surface area contributed by atoms with E-state index in [1.54, 1.807) is 55.5 Å². The molecule has 0 aliphatic rings. The Bertz CT molecular complexity index is 775. The van der Waals surface area contributed by atoms with Gasteiger partial charge < -0.3 is 14.2 Å². The maximum absolute atomic E-state index is 12.2. The van der Waals surface area contributed by atoms with E-state index in [0.29, 0.717) is 30.3 Å². The fourth-order valence-corrected chi connectivity index (χ4v) is 2.37. The number of carbonyl (C=O) groups is 2. The lowest BCUT2D eigenvalue weighted by molar-refractivity contribution is -0.128. The first-order chi connectivity index (χ1) is 14.0. The summed E-state index contributed by atoms with van der Waals surface area (Å²) >= 11 is 0. The predicted octanol–water partition coefficient (Wildman–Crippen LogP) is 3.49. The normalized spacial score (nSPS) is 11.3. The van der Waals surface area contributed by atoms with E-state index >= 15 is 0 Å². The van der Waals surface area contributed by atoms with Crippen LogP contribution >= 0.6 is 0 Å². The Morgan fingerprint density at radius 1 is 0.862 bits per heavy atom. The van der Waals surface area contributed by atoms with Crippen molar-refractivity contribution < 1.29 is 23.8 Å². The number of unbranched alkanes of at least 4 members (excludes halogenated alkanes) is 1. The zero-order valence-corrected chi connectivity index (χ0v) is 17.1. The van der Waals surface area contributed by atoms with Gasteiger partial charge in [0.25, 0.3) is 11.8 Å². The van der Waals surface area contributed by atoms with Crippen molar-refractivity contribution in [1.82, 2.24) is 10.9 Å².